The van der Waals surface area contributed by atoms with Crippen molar-refractivity contribution in [1.82, 2.24) is 0 Å². The van der Waals surface area contributed by atoms with Gasteiger partial charge in [-0.25, -0.2) is 4.39 Å². The van der Waals surface area contributed by atoms with Crippen LogP contribution in [0.1, 0.15) is 48.7 Å². The minimum absolute atomic E-state index is 0.0779. The Labute approximate surface area is 119 Å². The molecule has 0 unspecified atom stereocenters. The molecule has 0 aliphatic rings. The Balaban J connectivity index is 2.26. The maximum absolute atomic E-state index is 12.9. The van der Waals surface area contributed by atoms with E-state index in [1.165, 1.54) is 29.8 Å². The van der Waals surface area contributed by atoms with Gasteiger partial charge in [-0.05, 0) is 41.7 Å². The monoisotopic (exact) mass is 270 g/mol. The second kappa shape index (κ2) is 5.58. The van der Waals surface area contributed by atoms with Crippen LogP contribution in [0, 0.1) is 5.82 Å². The first-order valence-electron chi connectivity index (χ1n) is 6.85. The van der Waals surface area contributed by atoms with Crippen LogP contribution in [0.2, 0.25) is 0 Å². The van der Waals surface area contributed by atoms with Crippen LogP contribution in [0.4, 0.5) is 4.39 Å². The summed E-state index contributed by atoms with van der Waals surface area (Å²) >= 11 is 0. The van der Waals surface area contributed by atoms with E-state index in [-0.39, 0.29) is 17.0 Å². The van der Waals surface area contributed by atoms with Crippen LogP contribution >= 0.6 is 0 Å². The lowest BCUT2D eigenvalue weighted by Gasteiger charge is -2.23. The first-order valence-corrected chi connectivity index (χ1v) is 6.85. The Kier molecular flexibility index (Phi) is 4.03. The van der Waals surface area contributed by atoms with E-state index in [0.717, 1.165) is 6.42 Å². The summed E-state index contributed by atoms with van der Waals surface area (Å²) in [4.78, 5) is 12.3. The molecule has 2 heteroatoms. The summed E-state index contributed by atoms with van der Waals surface area (Å²) in [6, 6.07) is 13.3. The van der Waals surface area contributed by atoms with Gasteiger partial charge in [-0.1, -0.05) is 45.0 Å². The Bertz CT molecular complexity index is 594. The summed E-state index contributed by atoms with van der Waals surface area (Å²) < 4.78 is 12.9. The number of halogens is 1. The van der Waals surface area contributed by atoms with Crippen LogP contribution in [0.25, 0.3) is 0 Å². The average molecular weight is 270 g/mol. The normalized spacial score (nSPS) is 11.4. The van der Waals surface area contributed by atoms with Gasteiger partial charge in [0.1, 0.15) is 5.82 Å². The zero-order chi connectivity index (χ0) is 14.8. The molecule has 20 heavy (non-hydrogen) atoms. The highest BCUT2D eigenvalue weighted by Crippen LogP contribution is 2.27. The second-order valence-electron chi connectivity index (χ2n) is 5.65. The van der Waals surface area contributed by atoms with Crippen molar-refractivity contribution in [3.63, 3.8) is 0 Å². The highest BCUT2D eigenvalue weighted by molar-refractivity contribution is 6.08. The third-order valence-corrected chi connectivity index (χ3v) is 3.92. The van der Waals surface area contributed by atoms with Crippen LogP contribution in [0.5, 0.6) is 0 Å². The molecule has 0 saturated carbocycles. The fraction of sp³-hybridized carbons (Fsp3) is 0.278. The molecule has 0 aliphatic heterocycles. The van der Waals surface area contributed by atoms with Gasteiger partial charge in [0.15, 0.2) is 5.78 Å². The third-order valence-electron chi connectivity index (χ3n) is 3.92. The molecule has 2 aromatic carbocycles. The molecule has 0 atom stereocenters. The second-order valence-corrected chi connectivity index (χ2v) is 5.65. The SMILES string of the molecule is CCC(C)(C)c1ccc(C(=O)c2ccc(F)cc2)cc1. The highest BCUT2D eigenvalue weighted by atomic mass is 19.1. The van der Waals surface area contributed by atoms with Gasteiger partial charge in [-0.3, -0.25) is 4.79 Å². The number of hydrogen-bond acceptors (Lipinski definition) is 1. The molecule has 0 saturated heterocycles. The summed E-state index contributed by atoms with van der Waals surface area (Å²) in [7, 11) is 0. The zero-order valence-electron chi connectivity index (χ0n) is 12.1. The van der Waals surface area contributed by atoms with E-state index in [4.69, 9.17) is 0 Å². The largest absolute Gasteiger partial charge is 0.289 e. The third kappa shape index (κ3) is 2.96. The van der Waals surface area contributed by atoms with Crippen molar-refractivity contribution in [3.8, 4) is 0 Å². The fourth-order valence-electron chi connectivity index (χ4n) is 2.04. The molecule has 0 aromatic heterocycles. The molecule has 2 rings (SSSR count). The topological polar surface area (TPSA) is 17.1 Å². The van der Waals surface area contributed by atoms with Gasteiger partial charge in [0.25, 0.3) is 0 Å². The highest BCUT2D eigenvalue weighted by Gasteiger charge is 2.18. The van der Waals surface area contributed by atoms with Gasteiger partial charge in [0.2, 0.25) is 0 Å². The lowest BCUT2D eigenvalue weighted by Crippen LogP contribution is -2.15. The molecule has 0 bridgehead atoms. The molecule has 0 N–H and O–H groups in total. The van der Waals surface area contributed by atoms with E-state index in [9.17, 15) is 9.18 Å². The smallest absolute Gasteiger partial charge is 0.193 e. The van der Waals surface area contributed by atoms with E-state index in [1.807, 2.05) is 24.3 Å². The molecule has 1 nitrogen and oxygen atoms in total. The number of benzene rings is 2. The standard InChI is InChI=1S/C18H19FO/c1-4-18(2,3)15-9-5-13(6-10-15)17(20)14-7-11-16(19)12-8-14/h5-12H,4H2,1-3H3. The van der Waals surface area contributed by atoms with Gasteiger partial charge in [0, 0.05) is 11.1 Å². The Morgan fingerprint density at radius 3 is 1.85 bits per heavy atom. The summed E-state index contributed by atoms with van der Waals surface area (Å²) in [5.74, 6) is -0.410. The van der Waals surface area contributed by atoms with Crippen LogP contribution in [-0.4, -0.2) is 5.78 Å². The lowest BCUT2D eigenvalue weighted by molar-refractivity contribution is 0.103. The van der Waals surface area contributed by atoms with Crippen molar-refractivity contribution in [1.29, 1.82) is 0 Å². The maximum Gasteiger partial charge on any atom is 0.193 e. The number of hydrogen-bond donors (Lipinski definition) is 0. The number of carbonyl (C=O) groups excluding carboxylic acids is 1. The van der Waals surface area contributed by atoms with Crippen LogP contribution in [0.3, 0.4) is 0 Å². The first kappa shape index (κ1) is 14.4. The Hall–Kier alpha value is -1.96. The van der Waals surface area contributed by atoms with Crippen LogP contribution in [0.15, 0.2) is 48.5 Å². The molecule has 0 fully saturated rings. The predicted octanol–water partition coefficient (Wildman–Crippen LogP) is 4.74. The van der Waals surface area contributed by atoms with E-state index < -0.39 is 0 Å². The fourth-order valence-corrected chi connectivity index (χ4v) is 2.04. The zero-order valence-corrected chi connectivity index (χ0v) is 12.1. The maximum atomic E-state index is 12.9. The first-order chi connectivity index (χ1) is 9.44. The van der Waals surface area contributed by atoms with Gasteiger partial charge >= 0.3 is 0 Å². The minimum atomic E-state index is -0.332. The summed E-state index contributed by atoms with van der Waals surface area (Å²) in [6.45, 7) is 6.52. The molecule has 0 spiro atoms. The predicted molar refractivity (Wildman–Crippen MR) is 79.6 cm³/mol. The van der Waals surface area contributed by atoms with Crippen molar-refractivity contribution in [2.24, 2.45) is 0 Å². The van der Waals surface area contributed by atoms with Crippen LogP contribution < -0.4 is 0 Å². The lowest BCUT2D eigenvalue weighted by atomic mass is 9.82. The van der Waals surface area contributed by atoms with Gasteiger partial charge in [-0.2, -0.15) is 0 Å². The molecule has 0 heterocycles. The molecular formula is C18H19FO. The van der Waals surface area contributed by atoms with Gasteiger partial charge in [-0.15, -0.1) is 0 Å². The average Bonchev–Trinajstić information content (AvgIpc) is 2.47. The van der Waals surface area contributed by atoms with Crippen molar-refractivity contribution in [2.75, 3.05) is 0 Å². The molecular weight excluding hydrogens is 251 g/mol. The molecule has 104 valence electrons. The number of rotatable bonds is 4. The molecule has 0 amide bonds. The molecule has 0 radical (unpaired) electrons. The van der Waals surface area contributed by atoms with Gasteiger partial charge in [0.05, 0.1) is 0 Å². The van der Waals surface area contributed by atoms with Crippen molar-refractivity contribution in [2.45, 2.75) is 32.6 Å². The van der Waals surface area contributed by atoms with Crippen molar-refractivity contribution < 1.29 is 9.18 Å². The summed E-state index contributed by atoms with van der Waals surface area (Å²) in [5.41, 5.74) is 2.47. The summed E-state index contributed by atoms with van der Waals surface area (Å²) in [5, 5.41) is 0. The number of carbonyl (C=O) groups is 1. The van der Waals surface area contributed by atoms with Crippen molar-refractivity contribution >= 4 is 5.78 Å². The number of ketones is 1. The van der Waals surface area contributed by atoms with E-state index in [2.05, 4.69) is 20.8 Å². The van der Waals surface area contributed by atoms with E-state index >= 15 is 0 Å². The van der Waals surface area contributed by atoms with Gasteiger partial charge < -0.3 is 0 Å². The van der Waals surface area contributed by atoms with Crippen LogP contribution in [-0.2, 0) is 5.41 Å². The minimum Gasteiger partial charge on any atom is -0.289 e. The van der Waals surface area contributed by atoms with E-state index in [1.54, 1.807) is 0 Å². The summed E-state index contributed by atoms with van der Waals surface area (Å²) in [6.07, 6.45) is 1.04. The van der Waals surface area contributed by atoms with E-state index in [0.29, 0.717) is 11.1 Å². The Morgan fingerprint density at radius 1 is 0.950 bits per heavy atom. The Morgan fingerprint density at radius 2 is 1.40 bits per heavy atom. The van der Waals surface area contributed by atoms with Crippen molar-refractivity contribution in [3.05, 3.63) is 71.0 Å². The quantitative estimate of drug-likeness (QED) is 0.733. The molecule has 0 aliphatic carbocycles. The molecule has 2 aromatic rings.